The highest BCUT2D eigenvalue weighted by Crippen LogP contribution is 2.23. The van der Waals surface area contributed by atoms with Gasteiger partial charge in [0.25, 0.3) is 0 Å². The van der Waals surface area contributed by atoms with Gasteiger partial charge < -0.3 is 0 Å². The summed E-state index contributed by atoms with van der Waals surface area (Å²) in [4.78, 5) is 59.8. The molecule has 2 rings (SSSR count). The molecule has 0 unspecified atom stereocenters. The predicted molar refractivity (Wildman–Crippen MR) is 107 cm³/mol. The minimum Gasteiger partial charge on any atom is -0.248 e. The van der Waals surface area contributed by atoms with E-state index in [4.69, 9.17) is 46.4 Å². The molecule has 30 heavy (non-hydrogen) atoms. The smallest absolute Gasteiger partial charge is 0.248 e. The van der Waals surface area contributed by atoms with Gasteiger partial charge in [0.2, 0.25) is 0 Å². The molecular formula is C18H12Cl4O8. The molecule has 12 heteroatoms. The topological polar surface area (TPSA) is 105 Å². The van der Waals surface area contributed by atoms with Crippen molar-refractivity contribution in [1.29, 1.82) is 0 Å². The summed E-state index contributed by atoms with van der Waals surface area (Å²) in [6.07, 6.45) is 0. The van der Waals surface area contributed by atoms with Crippen molar-refractivity contribution in [2.24, 2.45) is 0 Å². The Kier molecular flexibility index (Phi) is 10.4. The summed E-state index contributed by atoms with van der Waals surface area (Å²) in [5.41, 5.74) is 0.00198. The lowest BCUT2D eigenvalue weighted by Crippen LogP contribution is -2.12. The minimum atomic E-state index is -0.944. The van der Waals surface area contributed by atoms with E-state index in [0.29, 0.717) is 10.0 Å². The van der Waals surface area contributed by atoms with Gasteiger partial charge in [-0.05, 0) is 36.4 Å². The summed E-state index contributed by atoms with van der Waals surface area (Å²) >= 11 is 23.1. The Morgan fingerprint density at radius 3 is 1.20 bits per heavy atom. The molecular weight excluding hydrogens is 486 g/mol. The van der Waals surface area contributed by atoms with Gasteiger partial charge in [-0.1, -0.05) is 46.4 Å². The maximum atomic E-state index is 11.8. The van der Waals surface area contributed by atoms with E-state index in [1.807, 2.05) is 0 Å². The molecule has 0 saturated carbocycles. The third-order valence-electron chi connectivity index (χ3n) is 2.77. The van der Waals surface area contributed by atoms with Crippen LogP contribution in [-0.2, 0) is 29.1 Å². The molecule has 0 saturated heterocycles. The predicted octanol–water partition coefficient (Wildman–Crippen LogP) is 5.26. The van der Waals surface area contributed by atoms with Gasteiger partial charge >= 0.3 is 23.9 Å². The maximum absolute atomic E-state index is 11.8. The number of hydrogen-bond acceptors (Lipinski definition) is 8. The summed E-state index contributed by atoms with van der Waals surface area (Å²) < 4.78 is 0. The van der Waals surface area contributed by atoms with Crippen molar-refractivity contribution in [2.45, 2.75) is 13.8 Å². The first-order valence-electron chi connectivity index (χ1n) is 7.70. The lowest BCUT2D eigenvalue weighted by atomic mass is 10.2. The van der Waals surface area contributed by atoms with Gasteiger partial charge in [0.1, 0.15) is 0 Å². The second-order valence-corrected chi connectivity index (χ2v) is 6.83. The highest BCUT2D eigenvalue weighted by Gasteiger charge is 2.18. The number of hydrogen-bond donors (Lipinski definition) is 0. The molecule has 2 aromatic rings. The third-order valence-corrected chi connectivity index (χ3v) is 3.87. The Morgan fingerprint density at radius 1 is 0.600 bits per heavy atom. The van der Waals surface area contributed by atoms with Crippen LogP contribution in [0.1, 0.15) is 34.6 Å². The van der Waals surface area contributed by atoms with Gasteiger partial charge in [0.05, 0.1) is 21.2 Å². The van der Waals surface area contributed by atoms with Gasteiger partial charge in [-0.3, -0.25) is 0 Å². The van der Waals surface area contributed by atoms with Crippen molar-refractivity contribution in [2.75, 3.05) is 0 Å². The van der Waals surface area contributed by atoms with Crippen LogP contribution >= 0.6 is 46.4 Å². The molecule has 8 nitrogen and oxygen atoms in total. The number of carbonyl (C=O) groups excluding carboxylic acids is 4. The molecule has 0 spiro atoms. The van der Waals surface area contributed by atoms with E-state index in [0.717, 1.165) is 13.8 Å². The minimum absolute atomic E-state index is 0.000990. The van der Waals surface area contributed by atoms with Crippen LogP contribution in [0, 0.1) is 0 Å². The number of carbonyl (C=O) groups is 4. The fraction of sp³-hybridized carbons (Fsp3) is 0.111. The maximum Gasteiger partial charge on any atom is 0.387 e. The largest absolute Gasteiger partial charge is 0.387 e. The lowest BCUT2D eigenvalue weighted by molar-refractivity contribution is -0.255. The van der Waals surface area contributed by atoms with Crippen molar-refractivity contribution in [3.8, 4) is 0 Å². The summed E-state index contributed by atoms with van der Waals surface area (Å²) in [5, 5.41) is 0.842. The standard InChI is InChI=1S/C14H6Cl4O4.C4H6O4/c15-7-1-3-9(11(17)5-7)13(19)21-22-14(20)10-4-2-8(16)6-12(10)18;1-3(5)7-8-4(2)6/h1-6H;1-2H3. The van der Waals surface area contributed by atoms with Crippen molar-refractivity contribution in [3.05, 3.63) is 67.6 Å². The molecule has 0 aliphatic heterocycles. The molecule has 0 aromatic heterocycles. The highest BCUT2D eigenvalue weighted by molar-refractivity contribution is 6.37. The molecule has 0 radical (unpaired) electrons. The van der Waals surface area contributed by atoms with Crippen LogP contribution in [0.15, 0.2) is 36.4 Å². The zero-order valence-corrected chi connectivity index (χ0v) is 18.3. The van der Waals surface area contributed by atoms with E-state index in [2.05, 4.69) is 19.6 Å². The van der Waals surface area contributed by atoms with Crippen molar-refractivity contribution in [3.63, 3.8) is 0 Å². The quantitative estimate of drug-likeness (QED) is 0.408. The van der Waals surface area contributed by atoms with Crippen molar-refractivity contribution < 1.29 is 38.7 Å². The molecule has 0 bridgehead atoms. The molecule has 0 fully saturated rings. The number of benzene rings is 2. The van der Waals surface area contributed by atoms with E-state index in [-0.39, 0.29) is 21.2 Å². The average Bonchev–Trinajstić information content (AvgIpc) is 2.64. The van der Waals surface area contributed by atoms with Crippen molar-refractivity contribution in [1.82, 2.24) is 0 Å². The molecule has 0 aliphatic carbocycles. The van der Waals surface area contributed by atoms with Crippen LogP contribution in [-0.4, -0.2) is 23.9 Å². The molecule has 0 amide bonds. The normalized spacial score (nSPS) is 9.53. The first kappa shape index (κ1) is 25.5. The van der Waals surface area contributed by atoms with Crippen LogP contribution in [0.25, 0.3) is 0 Å². The number of rotatable bonds is 2. The highest BCUT2D eigenvalue weighted by atomic mass is 35.5. The van der Waals surface area contributed by atoms with E-state index in [1.165, 1.54) is 36.4 Å². The molecule has 0 N–H and O–H groups in total. The SMILES string of the molecule is CC(=O)OOC(C)=O.O=C(OOC(=O)c1ccc(Cl)cc1Cl)c1ccc(Cl)cc1Cl. The van der Waals surface area contributed by atoms with Crippen LogP contribution in [0.5, 0.6) is 0 Å². The fourth-order valence-corrected chi connectivity index (χ4v) is 2.56. The molecule has 0 aliphatic rings. The summed E-state index contributed by atoms with van der Waals surface area (Å²) in [6.45, 7) is 2.28. The van der Waals surface area contributed by atoms with Crippen LogP contribution < -0.4 is 0 Å². The summed E-state index contributed by atoms with van der Waals surface area (Å²) in [7, 11) is 0. The monoisotopic (exact) mass is 496 g/mol. The van der Waals surface area contributed by atoms with Crippen LogP contribution in [0.4, 0.5) is 0 Å². The van der Waals surface area contributed by atoms with E-state index < -0.39 is 23.9 Å². The van der Waals surface area contributed by atoms with Gasteiger partial charge in [-0.15, -0.1) is 0 Å². The van der Waals surface area contributed by atoms with E-state index in [1.54, 1.807) is 0 Å². The van der Waals surface area contributed by atoms with E-state index in [9.17, 15) is 19.2 Å². The number of halogens is 4. The Labute approximate surface area is 190 Å². The molecule has 2 aromatic carbocycles. The zero-order chi connectivity index (χ0) is 22.8. The Balaban J connectivity index is 0.000000479. The van der Waals surface area contributed by atoms with Crippen LogP contribution in [0.2, 0.25) is 20.1 Å². The average molecular weight is 498 g/mol. The van der Waals surface area contributed by atoms with Gasteiger partial charge in [0.15, 0.2) is 0 Å². The van der Waals surface area contributed by atoms with Crippen molar-refractivity contribution >= 4 is 70.3 Å². The van der Waals surface area contributed by atoms with E-state index >= 15 is 0 Å². The van der Waals surface area contributed by atoms with Gasteiger partial charge in [-0.2, -0.15) is 0 Å². The first-order valence-corrected chi connectivity index (χ1v) is 9.21. The molecule has 160 valence electrons. The van der Waals surface area contributed by atoms with Gasteiger partial charge in [0, 0.05) is 23.9 Å². The molecule has 0 heterocycles. The first-order chi connectivity index (χ1) is 14.0. The van der Waals surface area contributed by atoms with Crippen LogP contribution in [0.3, 0.4) is 0 Å². The third kappa shape index (κ3) is 8.87. The Hall–Kier alpha value is -2.52. The Morgan fingerprint density at radius 2 is 0.933 bits per heavy atom. The van der Waals surface area contributed by atoms with Gasteiger partial charge in [-0.25, -0.2) is 38.7 Å². The lowest BCUT2D eigenvalue weighted by Gasteiger charge is -2.06. The summed E-state index contributed by atoms with van der Waals surface area (Å²) in [5.74, 6) is -3.17. The zero-order valence-electron chi connectivity index (χ0n) is 15.2. The fourth-order valence-electron chi connectivity index (χ4n) is 1.59. The second kappa shape index (κ2) is 12.2. The summed E-state index contributed by atoms with van der Waals surface area (Å²) in [6, 6.07) is 8.30. The molecule has 0 atom stereocenters. The second-order valence-electron chi connectivity index (χ2n) is 5.14. The Bertz CT molecular complexity index is 884.